The second-order valence-corrected chi connectivity index (χ2v) is 5.11. The SMILES string of the molecule is C#CC#CC#CC#CC#CC#CC#CC#CC#COc1ccc2cc(OC=O)ccc2c1.[HH].[HH].[HH].[HH].[HH].[HH].[HH].[HH].[HH].[HH].[HH].[HH].[HH].[HH].[HH].[HH].[HH].[HH].[HH]. The Labute approximate surface area is 215 Å². The zero-order valence-corrected chi connectivity index (χ0v) is 16.3. The summed E-state index contributed by atoms with van der Waals surface area (Å²) in [5, 5.41) is 1.81. The maximum absolute atomic E-state index is 10.4. The fourth-order valence-corrected chi connectivity index (χ4v) is 1.95. The van der Waals surface area contributed by atoms with Gasteiger partial charge >= 0.3 is 0 Å². The summed E-state index contributed by atoms with van der Waals surface area (Å²) in [6, 6.07) is 10.6. The quantitative estimate of drug-likeness (QED) is 0.377. The van der Waals surface area contributed by atoms with E-state index < -0.39 is 0 Å². The van der Waals surface area contributed by atoms with Crippen molar-refractivity contribution >= 4 is 17.2 Å². The van der Waals surface area contributed by atoms with Crippen LogP contribution in [0.25, 0.3) is 10.8 Å². The minimum Gasteiger partial charge on any atom is -0.429 e. The molecular weight excluding hydrogens is 396 g/mol. The predicted octanol–water partition coefficient (Wildman–Crippen LogP) is 7.05. The number of ether oxygens (including phenoxy) is 2. The lowest BCUT2D eigenvalue weighted by molar-refractivity contribution is -0.120. The summed E-state index contributed by atoms with van der Waals surface area (Å²) >= 11 is 0. The summed E-state index contributed by atoms with van der Waals surface area (Å²) in [6.45, 7) is 0.385. The first-order chi connectivity index (χ1) is 15.8. The fraction of sp³-hybridized carbons (Fsp3) is 0. The molecule has 0 radical (unpaired) electrons. The Hall–Kier alpha value is -5.99. The van der Waals surface area contributed by atoms with Gasteiger partial charge < -0.3 is 9.47 Å². The van der Waals surface area contributed by atoms with Crippen LogP contribution in [0.1, 0.15) is 27.1 Å². The van der Waals surface area contributed by atoms with E-state index >= 15 is 0 Å². The third-order valence-corrected chi connectivity index (χ3v) is 3.13. The van der Waals surface area contributed by atoms with Gasteiger partial charge in [0.25, 0.3) is 6.47 Å². The number of hydrogen-bond donors (Lipinski definition) is 0. The zero-order valence-electron chi connectivity index (χ0n) is 16.3. The standard InChI is InChI=1S/C29H8O3.19H2/c1-2-3-4-5-6-7-8-9-10-11-12-13-14-15-16-17-22-31-28-20-18-27-24-29(32-25-30)21-19-26(27)23-28;;;;;;;;;;;;;;;;;;;/h1,18-21,23-25H;19*1H. The van der Waals surface area contributed by atoms with Crippen molar-refractivity contribution in [3.63, 3.8) is 0 Å². The molecule has 2 aromatic carbocycles. The van der Waals surface area contributed by atoms with Crippen LogP contribution in [0.3, 0.4) is 0 Å². The van der Waals surface area contributed by atoms with Crippen molar-refractivity contribution in [1.82, 2.24) is 0 Å². The van der Waals surface area contributed by atoms with Gasteiger partial charge in [-0.25, -0.2) is 0 Å². The summed E-state index contributed by atoms with van der Waals surface area (Å²) < 4.78 is 10.1. The number of hydrogen-bond acceptors (Lipinski definition) is 3. The number of fused-ring (bicyclic) bond motifs is 1. The van der Waals surface area contributed by atoms with E-state index in [9.17, 15) is 4.79 Å². The normalized spacial score (nSPS) is 6.72. The van der Waals surface area contributed by atoms with Crippen molar-refractivity contribution < 1.29 is 41.4 Å². The van der Waals surface area contributed by atoms with Crippen LogP contribution in [0.5, 0.6) is 11.5 Å². The Morgan fingerprint density at radius 2 is 1.06 bits per heavy atom. The largest absolute Gasteiger partial charge is 0.429 e. The van der Waals surface area contributed by atoms with Gasteiger partial charge in [-0.3, -0.25) is 4.79 Å². The predicted molar refractivity (Wildman–Crippen MR) is 162 cm³/mol. The number of terminal acetylenes is 1. The van der Waals surface area contributed by atoms with Gasteiger partial charge in [-0.1, -0.05) is 12.1 Å². The van der Waals surface area contributed by atoms with Gasteiger partial charge in [-0.05, 0) is 82.4 Å². The fourth-order valence-electron chi connectivity index (χ4n) is 1.95. The molecule has 0 bridgehead atoms. The minimum absolute atomic E-state index is 0. The molecule has 0 atom stereocenters. The molecule has 0 saturated carbocycles. The number of rotatable bonds is 3. The van der Waals surface area contributed by atoms with E-state index in [1.54, 1.807) is 18.2 Å². The maximum atomic E-state index is 10.4. The van der Waals surface area contributed by atoms with E-state index in [0.717, 1.165) is 10.8 Å². The Morgan fingerprint density at radius 3 is 1.56 bits per heavy atom. The van der Waals surface area contributed by atoms with Crippen molar-refractivity contribution in [2.75, 3.05) is 0 Å². The third-order valence-electron chi connectivity index (χ3n) is 3.13. The van der Waals surface area contributed by atoms with Gasteiger partial charge in [0.2, 0.25) is 0 Å². The van der Waals surface area contributed by atoms with Gasteiger partial charge in [-0.2, -0.15) is 0 Å². The van der Waals surface area contributed by atoms with E-state index in [0.29, 0.717) is 18.0 Å². The van der Waals surface area contributed by atoms with Crippen LogP contribution in [-0.4, -0.2) is 6.47 Å². The first-order valence-corrected chi connectivity index (χ1v) is 8.60. The van der Waals surface area contributed by atoms with Crippen LogP contribution in [0, 0.1) is 107 Å². The zero-order chi connectivity index (χ0) is 22.7. The molecule has 0 spiro atoms. The van der Waals surface area contributed by atoms with Crippen LogP contribution in [-0.2, 0) is 4.79 Å². The molecule has 0 aliphatic heterocycles. The van der Waals surface area contributed by atoms with E-state index in [1.807, 2.05) is 18.2 Å². The molecule has 2 aromatic rings. The molecule has 180 valence electrons. The van der Waals surface area contributed by atoms with E-state index in [4.69, 9.17) is 15.9 Å². The van der Waals surface area contributed by atoms with Crippen LogP contribution in [0.15, 0.2) is 36.4 Å². The molecule has 3 heteroatoms. The molecule has 0 aliphatic rings. The highest BCUT2D eigenvalue weighted by Gasteiger charge is 1.99. The monoisotopic (exact) mass is 442 g/mol. The molecular formula is C29H46O3. The molecule has 3 nitrogen and oxygen atoms in total. The maximum Gasteiger partial charge on any atom is 0.298 e. The summed E-state index contributed by atoms with van der Waals surface area (Å²) in [6.07, 6.45) is 7.41. The Balaban J connectivity index is -0.0000000358. The molecule has 32 heavy (non-hydrogen) atoms. The summed E-state index contributed by atoms with van der Waals surface area (Å²) in [4.78, 5) is 10.4. The highest BCUT2D eigenvalue weighted by Crippen LogP contribution is 2.24. The van der Waals surface area contributed by atoms with Crippen molar-refractivity contribution in [2.24, 2.45) is 0 Å². The van der Waals surface area contributed by atoms with Crippen LogP contribution >= 0.6 is 0 Å². The van der Waals surface area contributed by atoms with Crippen LogP contribution in [0.2, 0.25) is 0 Å². The molecule has 2 rings (SSSR count). The first-order valence-electron chi connectivity index (χ1n) is 8.60. The van der Waals surface area contributed by atoms with E-state index in [2.05, 4.69) is 101 Å². The lowest BCUT2D eigenvalue weighted by Gasteiger charge is -2.03. The third kappa shape index (κ3) is 8.80. The highest BCUT2D eigenvalue weighted by atomic mass is 16.5. The number of carbonyl (C=O) groups excluding carboxylic acids is 1. The molecule has 0 aromatic heterocycles. The average molecular weight is 443 g/mol. The molecule has 0 amide bonds. The highest BCUT2D eigenvalue weighted by molar-refractivity contribution is 5.85. The van der Waals surface area contributed by atoms with Gasteiger partial charge in [-0.15, -0.1) is 6.42 Å². The Bertz CT molecular complexity index is 1640. The van der Waals surface area contributed by atoms with Crippen molar-refractivity contribution in [3.05, 3.63) is 36.4 Å². The number of benzene rings is 2. The summed E-state index contributed by atoms with van der Waals surface area (Å²) in [5.41, 5.74) is 0. The van der Waals surface area contributed by atoms with E-state index in [-0.39, 0.29) is 27.1 Å². The van der Waals surface area contributed by atoms with Gasteiger partial charge in [0.1, 0.15) is 17.6 Å². The molecule has 0 unspecified atom stereocenters. The topological polar surface area (TPSA) is 35.5 Å². The van der Waals surface area contributed by atoms with E-state index in [1.165, 1.54) is 0 Å². The van der Waals surface area contributed by atoms with Crippen molar-refractivity contribution in [1.29, 1.82) is 0 Å². The smallest absolute Gasteiger partial charge is 0.298 e. The van der Waals surface area contributed by atoms with Gasteiger partial charge in [0.05, 0.1) is 0 Å². The average Bonchev–Trinajstić information content (AvgIpc) is 2.81. The Kier molecular flexibility index (Phi) is 9.81. The van der Waals surface area contributed by atoms with Crippen molar-refractivity contribution in [2.45, 2.75) is 0 Å². The molecule has 0 N–H and O–H groups in total. The number of carbonyl (C=O) groups is 1. The minimum atomic E-state index is 0. The van der Waals surface area contributed by atoms with Gasteiger partial charge in [0.15, 0.2) is 0 Å². The molecule has 0 aliphatic carbocycles. The van der Waals surface area contributed by atoms with Crippen LogP contribution < -0.4 is 9.47 Å². The van der Waals surface area contributed by atoms with Gasteiger partial charge in [0, 0.05) is 74.5 Å². The second kappa shape index (κ2) is 14.1. The molecule has 0 fully saturated rings. The summed E-state index contributed by atoms with van der Waals surface area (Å²) in [5.74, 6) is 40.4. The first kappa shape index (κ1) is 22.3. The van der Waals surface area contributed by atoms with Crippen LogP contribution in [0.4, 0.5) is 0 Å². The van der Waals surface area contributed by atoms with Crippen molar-refractivity contribution in [3.8, 4) is 119 Å². The summed E-state index contributed by atoms with van der Waals surface area (Å²) in [7, 11) is 0. The lowest BCUT2D eigenvalue weighted by Crippen LogP contribution is -1.88. The molecule has 0 heterocycles. The lowest BCUT2D eigenvalue weighted by atomic mass is 10.1. The second-order valence-electron chi connectivity index (χ2n) is 5.11. The Morgan fingerprint density at radius 1 is 0.625 bits per heavy atom. The molecule has 0 saturated heterocycles.